The monoisotopic (exact) mass is 350 g/mol. The molecule has 1 N–H and O–H groups in total. The third kappa shape index (κ3) is 4.61. The molecule has 2 aromatic carbocycles. The number of esters is 1. The van der Waals surface area contributed by atoms with Crippen LogP contribution in [0.2, 0.25) is 0 Å². The van der Waals surface area contributed by atoms with E-state index >= 15 is 0 Å². The standard InChI is InChI=1S/C23H26O3/c1-23(25,17-16-18-10-4-2-5-11-18)22(24)26-21-15-9-8-14-20(21)19-12-6-3-7-13-19/h2-7,10-13,16-17,20-21,25H,8-9,14-15H2,1H3/t20-,21+,23+/m0/s1. The Morgan fingerprint density at radius 1 is 1.04 bits per heavy atom. The SMILES string of the molecule is C[C@@](O)(C=Cc1ccccc1)C(=O)O[C@@H]1CCCC[C@H]1c1ccccc1. The Kier molecular flexibility index (Phi) is 5.89. The lowest BCUT2D eigenvalue weighted by Gasteiger charge is -2.33. The van der Waals surface area contributed by atoms with E-state index in [1.54, 1.807) is 6.08 Å². The van der Waals surface area contributed by atoms with Crippen molar-refractivity contribution in [1.82, 2.24) is 0 Å². The smallest absolute Gasteiger partial charge is 0.342 e. The molecule has 26 heavy (non-hydrogen) atoms. The van der Waals surface area contributed by atoms with Crippen molar-refractivity contribution in [2.75, 3.05) is 0 Å². The minimum atomic E-state index is -1.64. The van der Waals surface area contributed by atoms with Crippen LogP contribution >= 0.6 is 0 Å². The first kappa shape index (κ1) is 18.4. The minimum Gasteiger partial charge on any atom is -0.459 e. The molecule has 1 fully saturated rings. The van der Waals surface area contributed by atoms with E-state index in [0.717, 1.165) is 31.2 Å². The van der Waals surface area contributed by atoms with Crippen molar-refractivity contribution in [2.24, 2.45) is 0 Å². The molecule has 0 aliphatic heterocycles. The van der Waals surface area contributed by atoms with Crippen molar-refractivity contribution in [3.05, 3.63) is 77.9 Å². The van der Waals surface area contributed by atoms with Gasteiger partial charge < -0.3 is 9.84 Å². The van der Waals surface area contributed by atoms with Gasteiger partial charge in [0, 0.05) is 5.92 Å². The van der Waals surface area contributed by atoms with Crippen LogP contribution in [0.5, 0.6) is 0 Å². The van der Waals surface area contributed by atoms with Gasteiger partial charge in [0.1, 0.15) is 6.10 Å². The second kappa shape index (κ2) is 8.33. The summed E-state index contributed by atoms with van der Waals surface area (Å²) in [5.74, 6) is -0.389. The fourth-order valence-electron chi connectivity index (χ4n) is 3.47. The summed E-state index contributed by atoms with van der Waals surface area (Å²) in [6.45, 7) is 1.48. The number of ether oxygens (including phenoxy) is 1. The van der Waals surface area contributed by atoms with Crippen LogP contribution in [0.25, 0.3) is 6.08 Å². The van der Waals surface area contributed by atoms with Crippen molar-refractivity contribution in [3.8, 4) is 0 Å². The van der Waals surface area contributed by atoms with E-state index in [4.69, 9.17) is 4.74 Å². The van der Waals surface area contributed by atoms with E-state index in [1.165, 1.54) is 18.6 Å². The van der Waals surface area contributed by atoms with Crippen molar-refractivity contribution < 1.29 is 14.6 Å². The van der Waals surface area contributed by atoms with E-state index < -0.39 is 11.6 Å². The summed E-state index contributed by atoms with van der Waals surface area (Å²) in [6, 6.07) is 19.8. The predicted molar refractivity (Wildman–Crippen MR) is 104 cm³/mol. The van der Waals surface area contributed by atoms with Crippen molar-refractivity contribution in [3.63, 3.8) is 0 Å². The summed E-state index contributed by atoms with van der Waals surface area (Å²) < 4.78 is 5.77. The zero-order valence-corrected chi connectivity index (χ0v) is 15.2. The third-order valence-corrected chi connectivity index (χ3v) is 5.00. The molecule has 1 aliphatic rings. The van der Waals surface area contributed by atoms with Crippen molar-refractivity contribution in [2.45, 2.75) is 50.2 Å². The normalized spacial score (nSPS) is 22.7. The average Bonchev–Trinajstić information content (AvgIpc) is 2.68. The van der Waals surface area contributed by atoms with E-state index in [9.17, 15) is 9.90 Å². The lowest BCUT2D eigenvalue weighted by atomic mass is 9.81. The molecule has 2 aromatic rings. The zero-order chi connectivity index (χ0) is 18.4. The Labute approximate surface area is 155 Å². The van der Waals surface area contributed by atoms with E-state index in [1.807, 2.05) is 48.5 Å². The van der Waals surface area contributed by atoms with Gasteiger partial charge in [-0.25, -0.2) is 4.79 Å². The maximum atomic E-state index is 12.6. The maximum Gasteiger partial charge on any atom is 0.342 e. The summed E-state index contributed by atoms with van der Waals surface area (Å²) in [5, 5.41) is 10.6. The molecule has 0 aromatic heterocycles. The molecule has 3 rings (SSSR count). The second-order valence-electron chi connectivity index (χ2n) is 7.14. The highest BCUT2D eigenvalue weighted by Crippen LogP contribution is 2.35. The molecule has 0 bridgehead atoms. The Morgan fingerprint density at radius 2 is 1.65 bits per heavy atom. The average molecular weight is 350 g/mol. The molecular formula is C23H26O3. The molecule has 0 spiro atoms. The Balaban J connectivity index is 1.69. The number of rotatable bonds is 5. The Hall–Kier alpha value is -2.39. The van der Waals surface area contributed by atoms with Crippen LogP contribution in [0.4, 0.5) is 0 Å². The Bertz CT molecular complexity index is 735. The van der Waals surface area contributed by atoms with Gasteiger partial charge in [-0.2, -0.15) is 0 Å². The lowest BCUT2D eigenvalue weighted by Crippen LogP contribution is -2.39. The third-order valence-electron chi connectivity index (χ3n) is 5.00. The van der Waals surface area contributed by atoms with Gasteiger partial charge in [-0.15, -0.1) is 0 Å². The topological polar surface area (TPSA) is 46.5 Å². The van der Waals surface area contributed by atoms with Crippen molar-refractivity contribution >= 4 is 12.0 Å². The second-order valence-corrected chi connectivity index (χ2v) is 7.14. The Morgan fingerprint density at radius 3 is 2.35 bits per heavy atom. The van der Waals surface area contributed by atoms with E-state index in [0.29, 0.717) is 0 Å². The summed E-state index contributed by atoms with van der Waals surface area (Å²) in [5.41, 5.74) is 0.485. The summed E-state index contributed by atoms with van der Waals surface area (Å²) in [4.78, 5) is 12.6. The first-order valence-electron chi connectivity index (χ1n) is 9.29. The van der Waals surface area contributed by atoms with Gasteiger partial charge in [-0.3, -0.25) is 0 Å². The first-order chi connectivity index (χ1) is 12.6. The molecule has 0 amide bonds. The number of hydrogen-bond acceptors (Lipinski definition) is 3. The van der Waals surface area contributed by atoms with Crippen LogP contribution in [0.1, 0.15) is 49.7 Å². The fraction of sp³-hybridized carbons (Fsp3) is 0.348. The number of carbonyl (C=O) groups excluding carboxylic acids is 1. The highest BCUT2D eigenvalue weighted by atomic mass is 16.6. The molecule has 3 nitrogen and oxygen atoms in total. The number of carbonyl (C=O) groups is 1. The highest BCUT2D eigenvalue weighted by molar-refractivity contribution is 5.82. The number of aliphatic hydroxyl groups is 1. The zero-order valence-electron chi connectivity index (χ0n) is 15.2. The molecular weight excluding hydrogens is 324 g/mol. The van der Waals surface area contributed by atoms with Crippen molar-refractivity contribution in [1.29, 1.82) is 0 Å². The fourth-order valence-corrected chi connectivity index (χ4v) is 3.47. The molecule has 136 valence electrons. The van der Waals surface area contributed by atoms with E-state index in [-0.39, 0.29) is 12.0 Å². The van der Waals surface area contributed by atoms with Crippen LogP contribution < -0.4 is 0 Å². The number of hydrogen-bond donors (Lipinski definition) is 1. The van der Waals surface area contributed by atoms with Crippen LogP contribution in [0.3, 0.4) is 0 Å². The molecule has 3 heteroatoms. The molecule has 0 unspecified atom stereocenters. The predicted octanol–water partition coefficient (Wildman–Crippen LogP) is 4.72. The maximum absolute atomic E-state index is 12.6. The van der Waals surface area contributed by atoms with Gasteiger partial charge in [0.2, 0.25) is 0 Å². The molecule has 0 heterocycles. The molecule has 3 atom stereocenters. The van der Waals surface area contributed by atoms with E-state index in [2.05, 4.69) is 12.1 Å². The van der Waals surface area contributed by atoms with Crippen LogP contribution in [-0.4, -0.2) is 22.8 Å². The van der Waals surface area contributed by atoms with Gasteiger partial charge in [0.05, 0.1) is 0 Å². The summed E-state index contributed by atoms with van der Waals surface area (Å²) in [7, 11) is 0. The summed E-state index contributed by atoms with van der Waals surface area (Å²) in [6.07, 6.45) is 7.09. The lowest BCUT2D eigenvalue weighted by molar-refractivity contribution is -0.167. The highest BCUT2D eigenvalue weighted by Gasteiger charge is 2.35. The quantitative estimate of drug-likeness (QED) is 0.794. The molecule has 1 aliphatic carbocycles. The number of benzene rings is 2. The van der Waals surface area contributed by atoms with Crippen LogP contribution in [0, 0.1) is 0 Å². The van der Waals surface area contributed by atoms with Gasteiger partial charge in [-0.05, 0) is 43.4 Å². The molecule has 0 saturated heterocycles. The van der Waals surface area contributed by atoms with Gasteiger partial charge in [0.25, 0.3) is 0 Å². The first-order valence-corrected chi connectivity index (χ1v) is 9.29. The van der Waals surface area contributed by atoms with Crippen LogP contribution in [0.15, 0.2) is 66.7 Å². The van der Waals surface area contributed by atoms with Gasteiger partial charge >= 0.3 is 5.97 Å². The van der Waals surface area contributed by atoms with Gasteiger partial charge in [0.15, 0.2) is 5.60 Å². The largest absolute Gasteiger partial charge is 0.459 e. The van der Waals surface area contributed by atoms with Crippen LogP contribution in [-0.2, 0) is 9.53 Å². The molecule has 1 saturated carbocycles. The summed E-state index contributed by atoms with van der Waals surface area (Å²) >= 11 is 0. The molecule has 0 radical (unpaired) electrons. The minimum absolute atomic E-state index is 0.185. The van der Waals surface area contributed by atoms with Gasteiger partial charge in [-0.1, -0.05) is 73.2 Å².